The quantitative estimate of drug-likeness (QED) is 0.501. The molecule has 0 atom stereocenters. The minimum absolute atomic E-state index is 1.01. The zero-order chi connectivity index (χ0) is 13.8. The van der Waals surface area contributed by atoms with Gasteiger partial charge in [-0.3, -0.25) is 0 Å². The Hall–Kier alpha value is -2.61. The van der Waals surface area contributed by atoms with Crippen molar-refractivity contribution in [2.24, 2.45) is 0 Å². The maximum Gasteiger partial charge on any atom is 0.138 e. The summed E-state index contributed by atoms with van der Waals surface area (Å²) in [5.41, 5.74) is 7.47. The predicted molar refractivity (Wildman–Crippen MR) is 86.4 cm³/mol. The average Bonchev–Trinajstić information content (AvgIpc) is 2.90. The lowest BCUT2D eigenvalue weighted by Crippen LogP contribution is -2.05. The summed E-state index contributed by atoms with van der Waals surface area (Å²) < 4.78 is 0. The van der Waals surface area contributed by atoms with Crippen molar-refractivity contribution < 1.29 is 0 Å². The number of hydrogen-bond donors (Lipinski definition) is 1. The molecule has 2 aromatic carbocycles. The van der Waals surface area contributed by atoms with Crippen LogP contribution >= 0.6 is 0 Å². The van der Waals surface area contributed by atoms with E-state index in [1.165, 1.54) is 33.2 Å². The standard InChI is InChI=1S/C19H14N2/c1-2-6-13-12(5-1)9-10-18-15(13)11-16-14-7-3-4-8-17(14)20-19(16)21-18/h1-8,11H,9-10H2,(H,20,21). The molecule has 0 unspecified atom stereocenters. The van der Waals surface area contributed by atoms with Crippen LogP contribution in [0.15, 0.2) is 54.6 Å². The van der Waals surface area contributed by atoms with Gasteiger partial charge in [0.15, 0.2) is 0 Å². The summed E-state index contributed by atoms with van der Waals surface area (Å²) >= 11 is 0. The lowest BCUT2D eigenvalue weighted by molar-refractivity contribution is 0.903. The molecule has 0 radical (unpaired) electrons. The summed E-state index contributed by atoms with van der Waals surface area (Å²) in [5, 5.41) is 2.48. The first kappa shape index (κ1) is 11.1. The number of nitrogens with zero attached hydrogens (tertiary/aromatic N) is 1. The number of pyridine rings is 1. The highest BCUT2D eigenvalue weighted by Gasteiger charge is 2.18. The fourth-order valence-corrected chi connectivity index (χ4v) is 3.48. The number of H-pyrrole nitrogens is 1. The zero-order valence-corrected chi connectivity index (χ0v) is 11.6. The van der Waals surface area contributed by atoms with Gasteiger partial charge in [-0.15, -0.1) is 0 Å². The summed E-state index contributed by atoms with van der Waals surface area (Å²) in [6.07, 6.45) is 2.11. The van der Waals surface area contributed by atoms with Gasteiger partial charge >= 0.3 is 0 Å². The number of hydrogen-bond acceptors (Lipinski definition) is 1. The molecule has 5 rings (SSSR count). The maximum atomic E-state index is 4.90. The highest BCUT2D eigenvalue weighted by molar-refractivity contribution is 6.07. The van der Waals surface area contributed by atoms with Gasteiger partial charge in [0, 0.05) is 21.9 Å². The van der Waals surface area contributed by atoms with E-state index in [1.807, 2.05) is 0 Å². The number of aryl methyl sites for hydroxylation is 2. The van der Waals surface area contributed by atoms with Gasteiger partial charge in [0.25, 0.3) is 0 Å². The molecule has 0 fully saturated rings. The molecule has 100 valence electrons. The summed E-state index contributed by atoms with van der Waals surface area (Å²) in [5.74, 6) is 0. The van der Waals surface area contributed by atoms with Crippen LogP contribution in [0.4, 0.5) is 0 Å². The number of aromatic nitrogens is 2. The molecule has 0 spiro atoms. The van der Waals surface area contributed by atoms with Crippen LogP contribution in [-0.4, -0.2) is 9.97 Å². The molecular weight excluding hydrogens is 256 g/mol. The van der Waals surface area contributed by atoms with E-state index < -0.39 is 0 Å². The Bertz CT molecular complexity index is 995. The third-order valence-corrected chi connectivity index (χ3v) is 4.51. The number of para-hydroxylation sites is 1. The van der Waals surface area contributed by atoms with Gasteiger partial charge in [-0.25, -0.2) is 4.98 Å². The topological polar surface area (TPSA) is 28.7 Å². The van der Waals surface area contributed by atoms with Crippen molar-refractivity contribution in [3.05, 3.63) is 65.9 Å². The Labute approximate surface area is 122 Å². The first-order valence-electron chi connectivity index (χ1n) is 7.39. The summed E-state index contributed by atoms with van der Waals surface area (Å²) in [6.45, 7) is 0. The average molecular weight is 270 g/mol. The molecule has 0 bridgehead atoms. The predicted octanol–water partition coefficient (Wildman–Crippen LogP) is 4.48. The normalized spacial score (nSPS) is 13.3. The van der Waals surface area contributed by atoms with Crippen LogP contribution in [0, 0.1) is 0 Å². The van der Waals surface area contributed by atoms with Crippen LogP contribution in [0.2, 0.25) is 0 Å². The number of benzene rings is 2. The SMILES string of the molecule is c1ccc2c(c1)CCc1nc3[nH]c4ccccc4c3cc1-2. The van der Waals surface area contributed by atoms with Gasteiger partial charge in [0.1, 0.15) is 5.65 Å². The molecule has 0 amide bonds. The molecular formula is C19H14N2. The van der Waals surface area contributed by atoms with E-state index in [-0.39, 0.29) is 0 Å². The minimum atomic E-state index is 1.01. The van der Waals surface area contributed by atoms with E-state index in [4.69, 9.17) is 4.98 Å². The van der Waals surface area contributed by atoms with Gasteiger partial charge in [-0.1, -0.05) is 42.5 Å². The van der Waals surface area contributed by atoms with E-state index in [0.29, 0.717) is 0 Å². The Morgan fingerprint density at radius 2 is 1.67 bits per heavy atom. The molecule has 2 aromatic heterocycles. The molecule has 4 aromatic rings. The van der Waals surface area contributed by atoms with E-state index in [0.717, 1.165) is 24.0 Å². The van der Waals surface area contributed by atoms with Gasteiger partial charge in [-0.2, -0.15) is 0 Å². The summed E-state index contributed by atoms with van der Waals surface area (Å²) in [7, 11) is 0. The molecule has 2 heterocycles. The smallest absolute Gasteiger partial charge is 0.138 e. The largest absolute Gasteiger partial charge is 0.339 e. The van der Waals surface area contributed by atoms with Crippen LogP contribution in [-0.2, 0) is 12.8 Å². The number of aromatic amines is 1. The Kier molecular flexibility index (Phi) is 2.09. The summed E-state index contributed by atoms with van der Waals surface area (Å²) in [4.78, 5) is 8.34. The summed E-state index contributed by atoms with van der Waals surface area (Å²) in [6, 6.07) is 19.4. The molecule has 2 nitrogen and oxygen atoms in total. The molecule has 21 heavy (non-hydrogen) atoms. The van der Waals surface area contributed by atoms with Crippen LogP contribution in [0.1, 0.15) is 11.3 Å². The minimum Gasteiger partial charge on any atom is -0.339 e. The van der Waals surface area contributed by atoms with Crippen molar-refractivity contribution in [3.8, 4) is 11.1 Å². The lowest BCUT2D eigenvalue weighted by atomic mass is 9.88. The van der Waals surface area contributed by atoms with Crippen LogP contribution < -0.4 is 0 Å². The Morgan fingerprint density at radius 1 is 0.810 bits per heavy atom. The Balaban J connectivity index is 1.90. The third kappa shape index (κ3) is 1.50. The van der Waals surface area contributed by atoms with Gasteiger partial charge in [0.2, 0.25) is 0 Å². The van der Waals surface area contributed by atoms with Crippen LogP contribution in [0.25, 0.3) is 33.1 Å². The lowest BCUT2D eigenvalue weighted by Gasteiger charge is -2.18. The number of fused-ring (bicyclic) bond motifs is 6. The fourth-order valence-electron chi connectivity index (χ4n) is 3.48. The molecule has 1 aliphatic rings. The highest BCUT2D eigenvalue weighted by atomic mass is 14.9. The van der Waals surface area contributed by atoms with Crippen molar-refractivity contribution >= 4 is 21.9 Å². The van der Waals surface area contributed by atoms with E-state index in [9.17, 15) is 0 Å². The Morgan fingerprint density at radius 3 is 2.67 bits per heavy atom. The molecule has 1 aliphatic carbocycles. The van der Waals surface area contributed by atoms with Gasteiger partial charge in [0.05, 0.1) is 5.69 Å². The van der Waals surface area contributed by atoms with Crippen LogP contribution in [0.3, 0.4) is 0 Å². The van der Waals surface area contributed by atoms with Gasteiger partial charge in [-0.05, 0) is 36.1 Å². The fraction of sp³-hybridized carbons (Fsp3) is 0.105. The molecule has 0 saturated heterocycles. The molecule has 0 saturated carbocycles. The van der Waals surface area contributed by atoms with Crippen molar-refractivity contribution in [1.29, 1.82) is 0 Å². The number of rotatable bonds is 0. The molecule has 1 N–H and O–H groups in total. The van der Waals surface area contributed by atoms with Gasteiger partial charge < -0.3 is 4.98 Å². The second-order valence-corrected chi connectivity index (χ2v) is 5.71. The van der Waals surface area contributed by atoms with Crippen molar-refractivity contribution in [2.45, 2.75) is 12.8 Å². The first-order valence-corrected chi connectivity index (χ1v) is 7.39. The van der Waals surface area contributed by atoms with Crippen molar-refractivity contribution in [1.82, 2.24) is 9.97 Å². The van der Waals surface area contributed by atoms with Crippen molar-refractivity contribution in [2.75, 3.05) is 0 Å². The second kappa shape index (κ2) is 3.95. The highest BCUT2D eigenvalue weighted by Crippen LogP contribution is 2.36. The third-order valence-electron chi connectivity index (χ3n) is 4.51. The second-order valence-electron chi connectivity index (χ2n) is 5.71. The monoisotopic (exact) mass is 270 g/mol. The van der Waals surface area contributed by atoms with Crippen LogP contribution in [0.5, 0.6) is 0 Å². The van der Waals surface area contributed by atoms with Crippen molar-refractivity contribution in [3.63, 3.8) is 0 Å². The molecule has 0 aliphatic heterocycles. The van der Waals surface area contributed by atoms with E-state index in [2.05, 4.69) is 59.6 Å². The zero-order valence-electron chi connectivity index (χ0n) is 11.6. The number of nitrogens with one attached hydrogen (secondary N) is 1. The molecule has 2 heteroatoms. The van der Waals surface area contributed by atoms with E-state index in [1.54, 1.807) is 0 Å². The first-order chi connectivity index (χ1) is 10.4. The maximum absolute atomic E-state index is 4.90. The van der Waals surface area contributed by atoms with E-state index >= 15 is 0 Å².